The lowest BCUT2D eigenvalue weighted by Crippen LogP contribution is -2.12. The highest BCUT2D eigenvalue weighted by Crippen LogP contribution is 2.27. The Morgan fingerprint density at radius 2 is 2.09 bits per heavy atom. The molecule has 2 aromatic rings. The molecule has 0 radical (unpaired) electrons. The van der Waals surface area contributed by atoms with Crippen molar-refractivity contribution in [1.29, 1.82) is 0 Å². The molecule has 0 amide bonds. The topological polar surface area (TPSA) is 89.1 Å². The molecule has 0 bridgehead atoms. The Hall–Kier alpha value is -2.82. The number of aromatic amines is 1. The van der Waals surface area contributed by atoms with Crippen molar-refractivity contribution in [3.8, 4) is 0 Å². The smallest absolute Gasteiger partial charge is 0.258 e. The number of alkyl halides is 3. The van der Waals surface area contributed by atoms with Gasteiger partial charge < -0.3 is 0 Å². The first-order valence-corrected chi connectivity index (χ1v) is 6.40. The van der Waals surface area contributed by atoms with Crippen LogP contribution in [0.25, 0.3) is 6.08 Å². The maximum absolute atomic E-state index is 12.7. The molecule has 1 aromatic carbocycles. The third-order valence-electron chi connectivity index (χ3n) is 2.58. The van der Waals surface area contributed by atoms with E-state index in [-0.39, 0.29) is 16.0 Å². The summed E-state index contributed by atoms with van der Waals surface area (Å²) in [6.07, 6.45) is -1.08. The number of halogens is 3. The Labute approximate surface area is 131 Å². The van der Waals surface area contributed by atoms with Crippen LogP contribution in [0.2, 0.25) is 0 Å². The molecule has 1 aromatic heterocycles. The summed E-state index contributed by atoms with van der Waals surface area (Å²) in [4.78, 5) is 10.3. The van der Waals surface area contributed by atoms with Gasteiger partial charge in [-0.2, -0.15) is 22.9 Å². The number of nitro groups is 1. The average molecular weight is 343 g/mol. The highest BCUT2D eigenvalue weighted by atomic mass is 32.1. The van der Waals surface area contributed by atoms with Gasteiger partial charge in [-0.1, -0.05) is 12.1 Å². The van der Waals surface area contributed by atoms with Gasteiger partial charge in [0.1, 0.15) is 0 Å². The number of hydrogen-bond donors (Lipinski definition) is 1. The number of benzene rings is 1. The van der Waals surface area contributed by atoms with E-state index >= 15 is 0 Å². The number of allylic oxidation sites excluding steroid dienone is 1. The van der Waals surface area contributed by atoms with Crippen LogP contribution >= 0.6 is 12.2 Å². The SMILES string of the molecule is O=[N+]([O-])c1ccccc1/C=C/C=N\n1c(C(F)(F)F)n[nH]c1=S. The van der Waals surface area contributed by atoms with Crippen molar-refractivity contribution in [3.05, 3.63) is 56.6 Å². The van der Waals surface area contributed by atoms with Crippen LogP contribution < -0.4 is 0 Å². The predicted octanol–water partition coefficient (Wildman–Crippen LogP) is 3.41. The Kier molecular flexibility index (Phi) is 4.69. The van der Waals surface area contributed by atoms with Crippen LogP contribution in [0.5, 0.6) is 0 Å². The molecule has 120 valence electrons. The number of nitrogens with one attached hydrogen (secondary N) is 1. The highest BCUT2D eigenvalue weighted by Gasteiger charge is 2.37. The molecule has 0 unspecified atom stereocenters. The van der Waals surface area contributed by atoms with Crippen LogP contribution in [-0.2, 0) is 6.18 Å². The van der Waals surface area contributed by atoms with Crippen molar-refractivity contribution in [1.82, 2.24) is 14.9 Å². The molecule has 0 aliphatic carbocycles. The Balaban J connectivity index is 2.26. The molecule has 0 saturated heterocycles. The zero-order chi connectivity index (χ0) is 17.0. The van der Waals surface area contributed by atoms with Crippen LogP contribution in [-0.4, -0.2) is 26.0 Å². The standard InChI is InChI=1S/C12H8F3N5O2S/c13-12(14,15)10-17-18-11(23)19(10)16-7-3-5-8-4-1-2-6-9(8)20(21)22/h1-7H,(H,18,23)/b5-3+,16-7-. The molecule has 0 spiro atoms. The second-order valence-corrected chi connectivity index (χ2v) is 4.49. The summed E-state index contributed by atoms with van der Waals surface area (Å²) in [5, 5.41) is 19.4. The van der Waals surface area contributed by atoms with Gasteiger partial charge >= 0.3 is 6.18 Å². The average Bonchev–Trinajstić information content (AvgIpc) is 2.85. The van der Waals surface area contributed by atoms with Crippen molar-refractivity contribution in [2.24, 2.45) is 5.10 Å². The summed E-state index contributed by atoms with van der Waals surface area (Å²) < 4.78 is 38.1. The van der Waals surface area contributed by atoms with Crippen LogP contribution in [0, 0.1) is 14.9 Å². The first kappa shape index (κ1) is 16.5. The van der Waals surface area contributed by atoms with Crippen molar-refractivity contribution < 1.29 is 18.1 Å². The fourth-order valence-electron chi connectivity index (χ4n) is 1.63. The molecule has 0 aliphatic heterocycles. The lowest BCUT2D eigenvalue weighted by Gasteiger charge is -2.03. The van der Waals surface area contributed by atoms with Crippen molar-refractivity contribution in [2.75, 3.05) is 0 Å². The summed E-state index contributed by atoms with van der Waals surface area (Å²) in [6.45, 7) is 0. The van der Waals surface area contributed by atoms with E-state index in [4.69, 9.17) is 0 Å². The molecule has 0 aliphatic rings. The number of aromatic nitrogens is 3. The first-order valence-electron chi connectivity index (χ1n) is 6.00. The van der Waals surface area contributed by atoms with Gasteiger partial charge in [0.25, 0.3) is 11.5 Å². The summed E-state index contributed by atoms with van der Waals surface area (Å²) in [5.41, 5.74) is 0.156. The third kappa shape index (κ3) is 3.88. The summed E-state index contributed by atoms with van der Waals surface area (Å²) in [7, 11) is 0. The zero-order valence-corrected chi connectivity index (χ0v) is 12.0. The van der Waals surface area contributed by atoms with Crippen LogP contribution in [0.3, 0.4) is 0 Å². The van der Waals surface area contributed by atoms with Gasteiger partial charge in [0.15, 0.2) is 0 Å². The van der Waals surface area contributed by atoms with Crippen molar-refractivity contribution >= 4 is 30.2 Å². The fourth-order valence-corrected chi connectivity index (χ4v) is 1.81. The van der Waals surface area contributed by atoms with Gasteiger partial charge in [0, 0.05) is 12.3 Å². The molecule has 11 heteroatoms. The normalized spacial score (nSPS) is 12.3. The first-order chi connectivity index (χ1) is 10.8. The summed E-state index contributed by atoms with van der Waals surface area (Å²) >= 11 is 4.66. The molecular formula is C12H8F3N5O2S. The quantitative estimate of drug-likeness (QED) is 0.399. The Bertz CT molecular complexity index is 838. The van der Waals surface area contributed by atoms with Gasteiger partial charge in [0.2, 0.25) is 4.77 Å². The van der Waals surface area contributed by atoms with Gasteiger partial charge in [-0.05, 0) is 30.4 Å². The van der Waals surface area contributed by atoms with E-state index in [2.05, 4.69) is 22.4 Å². The lowest BCUT2D eigenvalue weighted by molar-refractivity contribution is -0.385. The molecular weight excluding hydrogens is 335 g/mol. The van der Waals surface area contributed by atoms with E-state index in [1.165, 1.54) is 30.4 Å². The third-order valence-corrected chi connectivity index (χ3v) is 2.85. The van der Waals surface area contributed by atoms with Crippen LogP contribution in [0.15, 0.2) is 35.4 Å². The minimum absolute atomic E-state index is 0.131. The molecule has 0 fully saturated rings. The molecule has 0 atom stereocenters. The second-order valence-electron chi connectivity index (χ2n) is 4.10. The second kappa shape index (κ2) is 6.52. The van der Waals surface area contributed by atoms with E-state index in [9.17, 15) is 23.3 Å². The number of rotatable bonds is 4. The fraction of sp³-hybridized carbons (Fsp3) is 0.0833. The largest absolute Gasteiger partial charge is 0.453 e. The minimum Gasteiger partial charge on any atom is -0.258 e. The number of nitrogens with zero attached hydrogens (tertiary/aromatic N) is 4. The number of hydrogen-bond acceptors (Lipinski definition) is 5. The van der Waals surface area contributed by atoms with Gasteiger partial charge in [0.05, 0.1) is 10.5 Å². The predicted molar refractivity (Wildman–Crippen MR) is 78.4 cm³/mol. The van der Waals surface area contributed by atoms with Crippen molar-refractivity contribution in [2.45, 2.75) is 6.18 Å². The number of H-pyrrole nitrogens is 1. The van der Waals surface area contributed by atoms with E-state index < -0.39 is 16.9 Å². The molecule has 7 nitrogen and oxygen atoms in total. The van der Waals surface area contributed by atoms with E-state index in [0.29, 0.717) is 4.68 Å². The summed E-state index contributed by atoms with van der Waals surface area (Å²) in [6, 6.07) is 5.90. The molecule has 23 heavy (non-hydrogen) atoms. The Morgan fingerprint density at radius 3 is 2.74 bits per heavy atom. The molecule has 1 N–H and O–H groups in total. The monoisotopic (exact) mass is 343 g/mol. The minimum atomic E-state index is -4.72. The van der Waals surface area contributed by atoms with Gasteiger partial charge in [-0.25, -0.2) is 5.10 Å². The van der Waals surface area contributed by atoms with Crippen LogP contribution in [0.1, 0.15) is 11.4 Å². The Morgan fingerprint density at radius 1 is 1.39 bits per heavy atom. The molecule has 1 heterocycles. The maximum atomic E-state index is 12.7. The number of nitro benzene ring substituents is 1. The van der Waals surface area contributed by atoms with Crippen molar-refractivity contribution in [3.63, 3.8) is 0 Å². The van der Waals surface area contributed by atoms with E-state index in [1.807, 2.05) is 5.10 Å². The molecule has 0 saturated carbocycles. The zero-order valence-electron chi connectivity index (χ0n) is 11.2. The maximum Gasteiger partial charge on any atom is 0.453 e. The van der Waals surface area contributed by atoms with Gasteiger partial charge in [-0.15, -0.1) is 5.10 Å². The molecule has 2 rings (SSSR count). The van der Waals surface area contributed by atoms with Crippen LogP contribution in [0.4, 0.5) is 18.9 Å². The van der Waals surface area contributed by atoms with E-state index in [1.54, 1.807) is 6.07 Å². The lowest BCUT2D eigenvalue weighted by atomic mass is 10.2. The number of para-hydroxylation sites is 1. The highest BCUT2D eigenvalue weighted by molar-refractivity contribution is 7.71. The van der Waals surface area contributed by atoms with E-state index in [0.717, 1.165) is 6.21 Å². The van der Waals surface area contributed by atoms with Gasteiger partial charge in [-0.3, -0.25) is 10.1 Å². The summed E-state index contributed by atoms with van der Waals surface area (Å²) in [5.74, 6) is -1.29.